The van der Waals surface area contributed by atoms with Crippen molar-refractivity contribution in [2.24, 2.45) is 5.41 Å². The van der Waals surface area contributed by atoms with Crippen LogP contribution < -0.4 is 0 Å². The third kappa shape index (κ3) is 4.20. The van der Waals surface area contributed by atoms with E-state index >= 15 is 0 Å². The lowest BCUT2D eigenvalue weighted by molar-refractivity contribution is -0.160. The van der Waals surface area contributed by atoms with Crippen LogP contribution in [0, 0.1) is 5.41 Å². The zero-order chi connectivity index (χ0) is 11.9. The fourth-order valence-electron chi connectivity index (χ4n) is 0.814. The molecule has 0 amide bonds. The van der Waals surface area contributed by atoms with Gasteiger partial charge in [-0.25, -0.2) is 4.79 Å². The average Bonchev–Trinajstić information content (AvgIpc) is 2.26. The van der Waals surface area contributed by atoms with E-state index in [9.17, 15) is 9.59 Å². The monoisotopic (exact) mass is 218 g/mol. The number of carbonyl (C=O) groups excluding carboxylic acids is 2. The first kappa shape index (κ1) is 13.8. The van der Waals surface area contributed by atoms with Crippen LogP contribution in [0.4, 0.5) is 0 Å². The number of carbonyl (C=O) groups is 2. The lowest BCUT2D eigenvalue weighted by atomic mass is 9.87. The van der Waals surface area contributed by atoms with Crippen LogP contribution in [0.25, 0.3) is 0 Å². The normalized spacial score (nSPS) is 10.9. The Kier molecular flexibility index (Phi) is 5.76. The van der Waals surface area contributed by atoms with Crippen LogP contribution in [0.15, 0.2) is 12.7 Å². The molecule has 0 bridgehead atoms. The van der Waals surface area contributed by atoms with Crippen LogP contribution in [0.5, 0.6) is 0 Å². The van der Waals surface area contributed by atoms with Gasteiger partial charge < -0.3 is 20.1 Å². The van der Waals surface area contributed by atoms with Gasteiger partial charge in [-0.3, -0.25) is 4.79 Å². The topological polar surface area (TPSA) is 104 Å². The second-order valence-electron chi connectivity index (χ2n) is 3.15. The summed E-state index contributed by atoms with van der Waals surface area (Å²) in [5, 5.41) is 26.7. The van der Waals surface area contributed by atoms with Gasteiger partial charge in [0.1, 0.15) is 0 Å². The fraction of sp³-hybridized carbons (Fsp3) is 0.556. The lowest BCUT2D eigenvalue weighted by Gasteiger charge is -2.25. The van der Waals surface area contributed by atoms with Crippen LogP contribution in [-0.2, 0) is 14.3 Å². The molecule has 0 atom stereocenters. The van der Waals surface area contributed by atoms with Gasteiger partial charge in [-0.05, 0) is 0 Å². The molecule has 0 aliphatic rings. The highest BCUT2D eigenvalue weighted by molar-refractivity contribution is 5.91. The summed E-state index contributed by atoms with van der Waals surface area (Å²) in [7, 11) is 0. The summed E-state index contributed by atoms with van der Waals surface area (Å²) < 4.78 is 4.23. The number of aliphatic hydroxyl groups is 3. The van der Waals surface area contributed by atoms with E-state index < -0.39 is 43.6 Å². The van der Waals surface area contributed by atoms with Crippen molar-refractivity contribution < 1.29 is 29.6 Å². The zero-order valence-electron chi connectivity index (χ0n) is 8.18. The van der Waals surface area contributed by atoms with Crippen LogP contribution in [0.2, 0.25) is 0 Å². The smallest absolute Gasteiger partial charge is 0.337 e. The molecule has 0 rings (SSSR count). The minimum atomic E-state index is -1.36. The van der Waals surface area contributed by atoms with Gasteiger partial charge in [0.15, 0.2) is 0 Å². The molecule has 3 N–H and O–H groups in total. The van der Waals surface area contributed by atoms with Crippen LogP contribution in [0.1, 0.15) is 6.42 Å². The minimum Gasteiger partial charge on any atom is -0.396 e. The lowest BCUT2D eigenvalue weighted by Crippen LogP contribution is -2.37. The van der Waals surface area contributed by atoms with Gasteiger partial charge in [-0.2, -0.15) is 0 Å². The van der Waals surface area contributed by atoms with Crippen LogP contribution in [0.3, 0.4) is 0 Å². The molecule has 0 heterocycles. The first-order chi connectivity index (χ1) is 7.03. The molecule has 86 valence electrons. The summed E-state index contributed by atoms with van der Waals surface area (Å²) in [6.45, 7) is 1.34. The van der Waals surface area contributed by atoms with Crippen molar-refractivity contribution >= 4 is 11.9 Å². The molecule has 0 unspecified atom stereocenters. The molecule has 0 aliphatic carbocycles. The Morgan fingerprint density at radius 2 is 1.67 bits per heavy atom. The third-order valence-electron chi connectivity index (χ3n) is 1.91. The Morgan fingerprint density at radius 3 is 2.00 bits per heavy atom. The summed E-state index contributed by atoms with van der Waals surface area (Å²) in [6.07, 6.45) is 0.368. The van der Waals surface area contributed by atoms with Crippen molar-refractivity contribution in [3.63, 3.8) is 0 Å². The highest BCUT2D eigenvalue weighted by atomic mass is 16.6. The minimum absolute atomic E-state index is 0.448. The molecule has 0 saturated carbocycles. The average molecular weight is 218 g/mol. The van der Waals surface area contributed by atoms with E-state index in [2.05, 4.69) is 11.3 Å². The van der Waals surface area contributed by atoms with Gasteiger partial charge in [-0.1, -0.05) is 6.58 Å². The fourth-order valence-corrected chi connectivity index (χ4v) is 0.814. The molecule has 0 aromatic carbocycles. The predicted octanol–water partition coefficient (Wildman–Crippen LogP) is -1.40. The molecule has 15 heavy (non-hydrogen) atoms. The van der Waals surface area contributed by atoms with E-state index in [0.717, 1.165) is 6.08 Å². The Labute approximate surface area is 86.8 Å². The van der Waals surface area contributed by atoms with Crippen LogP contribution in [-0.4, -0.2) is 47.1 Å². The molecular formula is C9H14O6. The summed E-state index contributed by atoms with van der Waals surface area (Å²) in [6, 6.07) is 0. The van der Waals surface area contributed by atoms with Gasteiger partial charge in [0, 0.05) is 6.08 Å². The van der Waals surface area contributed by atoms with Crippen molar-refractivity contribution in [1.82, 2.24) is 0 Å². The maximum absolute atomic E-state index is 11.1. The molecule has 0 spiro atoms. The van der Waals surface area contributed by atoms with Crippen molar-refractivity contribution in [2.75, 3.05) is 19.8 Å². The first-order valence-corrected chi connectivity index (χ1v) is 4.23. The van der Waals surface area contributed by atoms with E-state index in [4.69, 9.17) is 15.3 Å². The maximum atomic E-state index is 11.1. The largest absolute Gasteiger partial charge is 0.396 e. The summed E-state index contributed by atoms with van der Waals surface area (Å²) in [5.41, 5.74) is -1.36. The summed E-state index contributed by atoms with van der Waals surface area (Å²) >= 11 is 0. The van der Waals surface area contributed by atoms with E-state index in [1.807, 2.05) is 0 Å². The Balaban J connectivity index is 4.35. The van der Waals surface area contributed by atoms with Crippen molar-refractivity contribution in [2.45, 2.75) is 6.42 Å². The van der Waals surface area contributed by atoms with Gasteiger partial charge in [-0.15, -0.1) is 0 Å². The van der Waals surface area contributed by atoms with E-state index in [1.54, 1.807) is 0 Å². The number of rotatable bonds is 6. The highest BCUT2D eigenvalue weighted by Crippen LogP contribution is 2.20. The molecule has 0 fully saturated rings. The van der Waals surface area contributed by atoms with Crippen molar-refractivity contribution in [3.05, 3.63) is 12.7 Å². The zero-order valence-corrected chi connectivity index (χ0v) is 8.18. The highest BCUT2D eigenvalue weighted by Gasteiger charge is 2.32. The second kappa shape index (κ2) is 6.28. The summed E-state index contributed by atoms with van der Waals surface area (Å²) in [4.78, 5) is 21.7. The van der Waals surface area contributed by atoms with Crippen LogP contribution >= 0.6 is 0 Å². The van der Waals surface area contributed by atoms with E-state index in [0.29, 0.717) is 0 Å². The number of hydrogen-bond donors (Lipinski definition) is 3. The Morgan fingerprint density at radius 1 is 1.20 bits per heavy atom. The summed E-state index contributed by atoms with van der Waals surface area (Å²) in [5.74, 6) is -1.85. The van der Waals surface area contributed by atoms with Crippen molar-refractivity contribution in [3.8, 4) is 0 Å². The number of hydrogen-bond acceptors (Lipinski definition) is 6. The maximum Gasteiger partial charge on any atom is 0.337 e. The number of ether oxygens (including phenoxy) is 1. The van der Waals surface area contributed by atoms with Gasteiger partial charge in [0.2, 0.25) is 0 Å². The molecule has 0 aromatic heterocycles. The first-order valence-electron chi connectivity index (χ1n) is 4.23. The van der Waals surface area contributed by atoms with Gasteiger partial charge in [0.05, 0.1) is 31.7 Å². The van der Waals surface area contributed by atoms with Gasteiger partial charge in [0.25, 0.3) is 0 Å². The standard InChI is InChI=1S/C9H14O6/c1-2-7(13)15-8(14)3-9(4-10,5-11)6-12/h2,10-12H,1,3-6H2. The number of aliphatic hydroxyl groups excluding tert-OH is 3. The quantitative estimate of drug-likeness (QED) is 0.287. The SMILES string of the molecule is C=CC(=O)OC(=O)CC(CO)(CO)CO. The predicted molar refractivity (Wildman–Crippen MR) is 49.6 cm³/mol. The molecule has 0 aliphatic heterocycles. The molecule has 6 nitrogen and oxygen atoms in total. The second-order valence-corrected chi connectivity index (χ2v) is 3.15. The van der Waals surface area contributed by atoms with Crippen molar-refractivity contribution in [1.29, 1.82) is 0 Å². The molecule has 0 saturated heterocycles. The van der Waals surface area contributed by atoms with E-state index in [-0.39, 0.29) is 0 Å². The Bertz CT molecular complexity index is 235. The van der Waals surface area contributed by atoms with E-state index in [1.165, 1.54) is 0 Å². The number of esters is 2. The molecular weight excluding hydrogens is 204 g/mol. The molecule has 0 aromatic rings. The third-order valence-corrected chi connectivity index (χ3v) is 1.91. The van der Waals surface area contributed by atoms with Gasteiger partial charge >= 0.3 is 11.9 Å². The molecule has 0 radical (unpaired) electrons. The molecule has 6 heteroatoms. The Hall–Kier alpha value is -1.24.